The van der Waals surface area contributed by atoms with Crippen LogP contribution >= 0.6 is 0 Å². The molecule has 170 valence electrons. The first-order valence-corrected chi connectivity index (χ1v) is 11.5. The van der Waals surface area contributed by atoms with Gasteiger partial charge in [0.05, 0.1) is 12.2 Å². The van der Waals surface area contributed by atoms with E-state index in [0.717, 1.165) is 52.7 Å². The van der Waals surface area contributed by atoms with Gasteiger partial charge in [0.2, 0.25) is 0 Å². The molecule has 2 aromatic heterocycles. The van der Waals surface area contributed by atoms with Crippen molar-refractivity contribution in [3.8, 4) is 11.1 Å². The molecule has 1 unspecified atom stereocenters. The van der Waals surface area contributed by atoms with Crippen LogP contribution < -0.4 is 5.32 Å². The van der Waals surface area contributed by atoms with Gasteiger partial charge < -0.3 is 14.6 Å². The maximum Gasteiger partial charge on any atom is 0.295 e. The van der Waals surface area contributed by atoms with Crippen molar-refractivity contribution in [2.24, 2.45) is 13.0 Å². The van der Waals surface area contributed by atoms with Crippen molar-refractivity contribution in [2.45, 2.75) is 32.7 Å². The minimum Gasteiger partial charge on any atom is -0.424 e. The summed E-state index contributed by atoms with van der Waals surface area (Å²) in [7, 11) is 1.89. The summed E-state index contributed by atoms with van der Waals surface area (Å²) in [4.78, 5) is 20.4. The van der Waals surface area contributed by atoms with E-state index in [1.807, 2.05) is 73.7 Å². The van der Waals surface area contributed by atoms with E-state index in [1.165, 1.54) is 0 Å². The van der Waals surface area contributed by atoms with Crippen LogP contribution in [0.5, 0.6) is 0 Å². The van der Waals surface area contributed by atoms with E-state index in [4.69, 9.17) is 4.42 Å². The predicted molar refractivity (Wildman–Crippen MR) is 129 cm³/mol. The number of nitrogens with zero attached hydrogens (tertiary/aromatic N) is 4. The molecule has 7 heteroatoms. The number of carbonyl (C=O) groups excluding carboxylic acids is 1. The third-order valence-electron chi connectivity index (χ3n) is 6.55. The van der Waals surface area contributed by atoms with Crippen LogP contribution in [-0.2, 0) is 7.05 Å². The van der Waals surface area contributed by atoms with Gasteiger partial charge in [-0.05, 0) is 49.4 Å². The molecule has 1 amide bonds. The molecule has 1 N–H and O–H groups in total. The lowest BCUT2D eigenvalue weighted by Crippen LogP contribution is -2.51. The molecule has 0 aliphatic carbocycles. The number of likely N-dealkylation sites (tertiary alicyclic amines) is 1. The molecule has 4 aromatic rings. The summed E-state index contributed by atoms with van der Waals surface area (Å²) in [6.45, 7) is 5.57. The molecular formula is C26H29N5O2. The Hall–Kier alpha value is -3.61. The number of para-hydroxylation sites is 2. The summed E-state index contributed by atoms with van der Waals surface area (Å²) in [6, 6.07) is 14.3. The highest BCUT2D eigenvalue weighted by molar-refractivity contribution is 6.01. The highest BCUT2D eigenvalue weighted by Gasteiger charge is 2.33. The summed E-state index contributed by atoms with van der Waals surface area (Å²) >= 11 is 0. The van der Waals surface area contributed by atoms with Crippen LogP contribution in [0.15, 0.2) is 59.3 Å². The quantitative estimate of drug-likeness (QED) is 0.475. The molecule has 0 spiro atoms. The molecule has 3 heterocycles. The number of hydrogen-bond acceptors (Lipinski definition) is 5. The Morgan fingerprint density at radius 2 is 2.09 bits per heavy atom. The first-order chi connectivity index (χ1) is 16.0. The summed E-state index contributed by atoms with van der Waals surface area (Å²) in [5, 5.41) is 7.65. The Morgan fingerprint density at radius 3 is 2.88 bits per heavy atom. The molecule has 5 rings (SSSR count). The number of hydrogen-bond donors (Lipinski definition) is 1. The lowest BCUT2D eigenvalue weighted by Gasteiger charge is -2.40. The van der Waals surface area contributed by atoms with Crippen molar-refractivity contribution in [3.05, 3.63) is 66.0 Å². The number of benzene rings is 2. The Morgan fingerprint density at radius 1 is 1.24 bits per heavy atom. The Labute approximate surface area is 193 Å². The molecule has 1 fully saturated rings. The zero-order chi connectivity index (χ0) is 22.9. The van der Waals surface area contributed by atoms with Crippen LogP contribution in [-0.4, -0.2) is 44.7 Å². The van der Waals surface area contributed by atoms with Gasteiger partial charge in [-0.15, -0.1) is 0 Å². The number of nitrogens with one attached hydrogen (secondary N) is 1. The van der Waals surface area contributed by atoms with Crippen LogP contribution in [0.2, 0.25) is 0 Å². The van der Waals surface area contributed by atoms with E-state index in [1.54, 1.807) is 4.68 Å². The number of aromatic nitrogens is 3. The normalized spacial score (nSPS) is 18.6. The van der Waals surface area contributed by atoms with E-state index < -0.39 is 0 Å². The van der Waals surface area contributed by atoms with Crippen LogP contribution in [0.3, 0.4) is 0 Å². The van der Waals surface area contributed by atoms with E-state index in [0.29, 0.717) is 18.5 Å². The molecular weight excluding hydrogens is 414 g/mol. The van der Waals surface area contributed by atoms with Crippen LogP contribution in [0.25, 0.3) is 22.2 Å². The number of oxazole rings is 1. The van der Waals surface area contributed by atoms with Crippen LogP contribution in [0.4, 0.5) is 6.01 Å². The van der Waals surface area contributed by atoms with Gasteiger partial charge in [-0.1, -0.05) is 36.8 Å². The van der Waals surface area contributed by atoms with Gasteiger partial charge in [0, 0.05) is 37.5 Å². The second-order valence-electron chi connectivity index (χ2n) is 9.00. The highest BCUT2D eigenvalue weighted by atomic mass is 16.4. The molecule has 1 aliphatic rings. The number of rotatable bonds is 5. The third kappa shape index (κ3) is 4.23. The smallest absolute Gasteiger partial charge is 0.295 e. The summed E-state index contributed by atoms with van der Waals surface area (Å²) in [5.41, 5.74) is 5.24. The zero-order valence-electron chi connectivity index (χ0n) is 19.3. The average Bonchev–Trinajstić information content (AvgIpc) is 3.43. The SMILES string of the molecule is Cc1ccc(-c2cnn(C)c2)c(C(=O)N2CCC[C@@H](C)C2CNc2nc3ccccc3o2)c1. The molecule has 0 radical (unpaired) electrons. The van der Waals surface area contributed by atoms with Gasteiger partial charge in [-0.2, -0.15) is 10.1 Å². The van der Waals surface area contributed by atoms with Crippen molar-refractivity contribution in [3.63, 3.8) is 0 Å². The topological polar surface area (TPSA) is 76.2 Å². The minimum absolute atomic E-state index is 0.0449. The Kier molecular flexibility index (Phi) is 5.62. The predicted octanol–water partition coefficient (Wildman–Crippen LogP) is 4.89. The average molecular weight is 444 g/mol. The number of fused-ring (bicyclic) bond motifs is 1. The molecule has 33 heavy (non-hydrogen) atoms. The van der Waals surface area contributed by atoms with E-state index >= 15 is 0 Å². The molecule has 7 nitrogen and oxygen atoms in total. The fourth-order valence-corrected chi connectivity index (χ4v) is 4.75. The van der Waals surface area contributed by atoms with Gasteiger partial charge >= 0.3 is 0 Å². The molecule has 0 saturated carbocycles. The maximum absolute atomic E-state index is 13.9. The highest BCUT2D eigenvalue weighted by Crippen LogP contribution is 2.30. The fourth-order valence-electron chi connectivity index (χ4n) is 4.75. The van der Waals surface area contributed by atoms with Crippen molar-refractivity contribution in [1.29, 1.82) is 0 Å². The van der Waals surface area contributed by atoms with Crippen LogP contribution in [0.1, 0.15) is 35.7 Å². The lowest BCUT2D eigenvalue weighted by molar-refractivity contribution is 0.0540. The van der Waals surface area contributed by atoms with E-state index in [9.17, 15) is 4.79 Å². The Bertz CT molecular complexity index is 1260. The Balaban J connectivity index is 1.42. The molecule has 1 aliphatic heterocycles. The maximum atomic E-state index is 13.9. The zero-order valence-corrected chi connectivity index (χ0v) is 19.3. The number of piperidine rings is 1. The van der Waals surface area contributed by atoms with Crippen molar-refractivity contribution < 1.29 is 9.21 Å². The summed E-state index contributed by atoms with van der Waals surface area (Å²) in [6.07, 6.45) is 5.85. The molecule has 1 saturated heterocycles. The summed E-state index contributed by atoms with van der Waals surface area (Å²) < 4.78 is 7.60. The first kappa shape index (κ1) is 21.2. The number of amides is 1. The van der Waals surface area contributed by atoms with E-state index in [2.05, 4.69) is 22.3 Å². The van der Waals surface area contributed by atoms with Crippen molar-refractivity contribution >= 4 is 23.0 Å². The van der Waals surface area contributed by atoms with Gasteiger partial charge in [0.15, 0.2) is 5.58 Å². The number of aryl methyl sites for hydroxylation is 2. The lowest BCUT2D eigenvalue weighted by atomic mass is 9.89. The number of anilines is 1. The third-order valence-corrected chi connectivity index (χ3v) is 6.55. The number of carbonyl (C=O) groups is 1. The molecule has 2 atom stereocenters. The minimum atomic E-state index is 0.0449. The van der Waals surface area contributed by atoms with Crippen molar-refractivity contribution in [2.75, 3.05) is 18.4 Å². The van der Waals surface area contributed by atoms with Gasteiger partial charge in [0.25, 0.3) is 11.9 Å². The van der Waals surface area contributed by atoms with Crippen molar-refractivity contribution in [1.82, 2.24) is 19.7 Å². The fraction of sp³-hybridized carbons (Fsp3) is 0.346. The molecule has 0 bridgehead atoms. The summed E-state index contributed by atoms with van der Waals surface area (Å²) in [5.74, 6) is 0.430. The molecule has 2 aromatic carbocycles. The second kappa shape index (κ2) is 8.73. The largest absolute Gasteiger partial charge is 0.424 e. The van der Waals surface area contributed by atoms with Gasteiger partial charge in [-0.3, -0.25) is 9.48 Å². The van der Waals surface area contributed by atoms with Crippen LogP contribution in [0, 0.1) is 12.8 Å². The van der Waals surface area contributed by atoms with E-state index in [-0.39, 0.29) is 11.9 Å². The monoisotopic (exact) mass is 443 g/mol. The van der Waals surface area contributed by atoms with Gasteiger partial charge in [-0.25, -0.2) is 0 Å². The van der Waals surface area contributed by atoms with Gasteiger partial charge in [0.1, 0.15) is 5.52 Å². The first-order valence-electron chi connectivity index (χ1n) is 11.5. The second-order valence-corrected chi connectivity index (χ2v) is 9.00. The standard InChI is InChI=1S/C26H29N5O2/c1-17-10-11-20(19-14-28-30(3)16-19)21(13-17)25(32)31-12-6-7-18(2)23(31)15-27-26-29-22-8-4-5-9-24(22)33-26/h4-5,8-11,13-14,16,18,23H,6-7,12,15H2,1-3H3,(H,27,29)/t18-,23?/m1/s1.